The van der Waals surface area contributed by atoms with Crippen molar-refractivity contribution in [1.29, 1.82) is 0 Å². The van der Waals surface area contributed by atoms with Crippen LogP contribution >= 0.6 is 27.7 Å². The summed E-state index contributed by atoms with van der Waals surface area (Å²) in [4.78, 5) is 14.7. The highest BCUT2D eigenvalue weighted by atomic mass is 79.9. The van der Waals surface area contributed by atoms with Gasteiger partial charge in [-0.05, 0) is 67.1 Å². The number of halogens is 1. The minimum absolute atomic E-state index is 0.0522. The van der Waals surface area contributed by atoms with E-state index in [9.17, 15) is 4.79 Å². The van der Waals surface area contributed by atoms with E-state index in [-0.39, 0.29) is 11.0 Å². The highest BCUT2D eigenvalue weighted by Crippen LogP contribution is 2.49. The largest absolute Gasteiger partial charge is 0.268 e. The Hall–Kier alpha value is -3.16. The van der Waals surface area contributed by atoms with Crippen LogP contribution in [0.1, 0.15) is 54.4 Å². The van der Waals surface area contributed by atoms with Crippen molar-refractivity contribution in [3.8, 4) is 16.9 Å². The van der Waals surface area contributed by atoms with Gasteiger partial charge in [-0.2, -0.15) is 0 Å². The molecule has 1 saturated carbocycles. The summed E-state index contributed by atoms with van der Waals surface area (Å²) in [6.07, 6.45) is 6.51. The third-order valence-electron chi connectivity index (χ3n) is 8.38. The molecule has 2 aliphatic carbocycles. The highest BCUT2D eigenvalue weighted by Gasteiger charge is 2.44. The first-order valence-corrected chi connectivity index (χ1v) is 15.4. The van der Waals surface area contributed by atoms with Crippen LogP contribution in [-0.4, -0.2) is 19.2 Å². The van der Waals surface area contributed by atoms with Gasteiger partial charge in [0.25, 0.3) is 5.56 Å². The molecule has 7 rings (SSSR count). The molecule has 5 nitrogen and oxygen atoms in total. The first kappa shape index (κ1) is 24.9. The van der Waals surface area contributed by atoms with Crippen molar-refractivity contribution >= 4 is 33.5 Å². The molecule has 2 aromatic heterocycles. The van der Waals surface area contributed by atoms with Gasteiger partial charge in [-0.25, -0.2) is 4.57 Å². The number of rotatable bonds is 4. The monoisotopic (exact) mass is 596 g/mol. The van der Waals surface area contributed by atoms with Crippen molar-refractivity contribution in [2.75, 3.05) is 0 Å². The molecule has 1 spiro atoms. The van der Waals surface area contributed by atoms with E-state index in [2.05, 4.69) is 93.0 Å². The molecule has 0 bridgehead atoms. The zero-order valence-corrected chi connectivity index (χ0v) is 24.3. The quantitative estimate of drug-likeness (QED) is 0.200. The molecule has 196 valence electrons. The molecule has 1 fully saturated rings. The molecule has 0 unspecified atom stereocenters. The summed E-state index contributed by atoms with van der Waals surface area (Å²) in [6, 6.07) is 25.2. The van der Waals surface area contributed by atoms with Gasteiger partial charge in [0.05, 0.1) is 11.4 Å². The lowest BCUT2D eigenvalue weighted by Gasteiger charge is -2.42. The van der Waals surface area contributed by atoms with Crippen molar-refractivity contribution in [1.82, 2.24) is 19.2 Å². The SMILES string of the molecule is Cc1cccc(-n2c(=O)c3c(n4c(SCc5ccc(Br)cc5)nnc24)-c2ccccc2CC32CCCCC2)c1. The van der Waals surface area contributed by atoms with Crippen LogP contribution in [0.25, 0.3) is 22.7 Å². The second-order valence-corrected chi connectivity index (χ2v) is 12.8. The van der Waals surface area contributed by atoms with Crippen LogP contribution < -0.4 is 5.56 Å². The maximum absolute atomic E-state index is 14.7. The fourth-order valence-electron chi connectivity index (χ4n) is 6.59. The van der Waals surface area contributed by atoms with E-state index >= 15 is 0 Å². The molecule has 3 aromatic carbocycles. The van der Waals surface area contributed by atoms with E-state index in [1.807, 2.05) is 16.7 Å². The Morgan fingerprint density at radius 2 is 1.74 bits per heavy atom. The molecular formula is C32H29BrN4OS. The minimum Gasteiger partial charge on any atom is -0.268 e. The summed E-state index contributed by atoms with van der Waals surface area (Å²) >= 11 is 5.21. The lowest BCUT2D eigenvalue weighted by molar-refractivity contribution is 0.284. The summed E-state index contributed by atoms with van der Waals surface area (Å²) in [5.41, 5.74) is 7.43. The summed E-state index contributed by atoms with van der Waals surface area (Å²) in [5, 5.41) is 10.2. The van der Waals surface area contributed by atoms with Gasteiger partial charge in [0.15, 0.2) is 5.16 Å². The molecule has 2 heterocycles. The number of benzene rings is 3. The van der Waals surface area contributed by atoms with Crippen LogP contribution in [0.15, 0.2) is 87.2 Å². The first-order chi connectivity index (χ1) is 19.0. The van der Waals surface area contributed by atoms with Crippen LogP contribution in [0.4, 0.5) is 0 Å². The smallest absolute Gasteiger partial charge is 0.263 e. The molecule has 5 aromatic rings. The topological polar surface area (TPSA) is 52.2 Å². The van der Waals surface area contributed by atoms with Gasteiger partial charge in [-0.15, -0.1) is 10.2 Å². The summed E-state index contributed by atoms with van der Waals surface area (Å²) < 4.78 is 5.05. The fraction of sp³-hybridized carbons (Fsp3) is 0.281. The maximum Gasteiger partial charge on any atom is 0.263 e. The summed E-state index contributed by atoms with van der Waals surface area (Å²) in [6.45, 7) is 2.06. The Bertz CT molecular complexity index is 1770. The van der Waals surface area contributed by atoms with Crippen molar-refractivity contribution < 1.29 is 0 Å². The van der Waals surface area contributed by atoms with E-state index in [0.29, 0.717) is 5.78 Å². The number of nitrogens with zero attached hydrogens (tertiary/aromatic N) is 4. The minimum atomic E-state index is -0.170. The summed E-state index contributed by atoms with van der Waals surface area (Å²) in [5.74, 6) is 1.34. The molecule has 39 heavy (non-hydrogen) atoms. The Labute approximate surface area is 240 Å². The van der Waals surface area contributed by atoms with E-state index < -0.39 is 0 Å². The van der Waals surface area contributed by atoms with Crippen LogP contribution in [-0.2, 0) is 17.6 Å². The van der Waals surface area contributed by atoms with E-state index in [0.717, 1.165) is 75.6 Å². The Balaban J connectivity index is 1.53. The number of fused-ring (bicyclic) bond motifs is 6. The molecule has 0 radical (unpaired) electrons. The maximum atomic E-state index is 14.7. The predicted octanol–water partition coefficient (Wildman–Crippen LogP) is 7.67. The van der Waals surface area contributed by atoms with Gasteiger partial charge in [0, 0.05) is 26.8 Å². The van der Waals surface area contributed by atoms with Crippen LogP contribution in [0.2, 0.25) is 0 Å². The molecule has 0 saturated heterocycles. The molecule has 0 amide bonds. The molecule has 0 aliphatic heterocycles. The Kier molecular flexibility index (Phi) is 6.24. The average Bonchev–Trinajstić information content (AvgIpc) is 3.36. The molecule has 0 N–H and O–H groups in total. The van der Waals surface area contributed by atoms with Gasteiger partial charge >= 0.3 is 0 Å². The zero-order chi connectivity index (χ0) is 26.6. The number of thioether (sulfide) groups is 1. The molecule has 0 atom stereocenters. The third-order valence-corrected chi connectivity index (χ3v) is 9.91. The Morgan fingerprint density at radius 1 is 0.949 bits per heavy atom. The van der Waals surface area contributed by atoms with Crippen molar-refractivity contribution in [3.63, 3.8) is 0 Å². The van der Waals surface area contributed by atoms with Gasteiger partial charge in [0.2, 0.25) is 5.78 Å². The van der Waals surface area contributed by atoms with E-state index in [1.165, 1.54) is 17.5 Å². The highest BCUT2D eigenvalue weighted by molar-refractivity contribution is 9.10. The predicted molar refractivity (Wildman–Crippen MR) is 161 cm³/mol. The standard InChI is InChI=1S/C32H29BrN4OS/c1-21-8-7-10-25(18-21)36-29(38)27-28(26-11-4-3-9-23(26)19-32(27)16-5-2-6-17-32)37-30(36)34-35-31(37)39-20-22-12-14-24(33)15-13-22/h3-4,7-15,18H,2,5-6,16-17,19-20H2,1H3. The van der Waals surface area contributed by atoms with Crippen molar-refractivity contribution in [2.24, 2.45) is 0 Å². The molecule has 7 heteroatoms. The average molecular weight is 598 g/mol. The first-order valence-electron chi connectivity index (χ1n) is 13.6. The number of aromatic nitrogens is 4. The molecular weight excluding hydrogens is 568 g/mol. The number of aryl methyl sites for hydroxylation is 1. The second-order valence-electron chi connectivity index (χ2n) is 10.9. The van der Waals surface area contributed by atoms with Gasteiger partial charge < -0.3 is 0 Å². The van der Waals surface area contributed by atoms with E-state index in [1.54, 1.807) is 11.8 Å². The lowest BCUT2D eigenvalue weighted by atomic mass is 9.62. The number of hydrogen-bond donors (Lipinski definition) is 0. The summed E-state index contributed by atoms with van der Waals surface area (Å²) in [7, 11) is 0. The molecule has 2 aliphatic rings. The van der Waals surface area contributed by atoms with Gasteiger partial charge in [-0.1, -0.05) is 95.5 Å². The van der Waals surface area contributed by atoms with E-state index in [4.69, 9.17) is 5.10 Å². The Morgan fingerprint density at radius 3 is 2.54 bits per heavy atom. The lowest BCUT2D eigenvalue weighted by Crippen LogP contribution is -2.43. The van der Waals surface area contributed by atoms with Crippen molar-refractivity contribution in [3.05, 3.63) is 110 Å². The van der Waals surface area contributed by atoms with Crippen LogP contribution in [0.3, 0.4) is 0 Å². The number of hydrogen-bond acceptors (Lipinski definition) is 4. The van der Waals surface area contributed by atoms with Crippen LogP contribution in [0.5, 0.6) is 0 Å². The fourth-order valence-corrected chi connectivity index (χ4v) is 7.74. The van der Waals surface area contributed by atoms with Crippen molar-refractivity contribution in [2.45, 2.75) is 61.8 Å². The zero-order valence-electron chi connectivity index (χ0n) is 21.9. The second kappa shape index (κ2) is 9.79. The van der Waals surface area contributed by atoms with Gasteiger partial charge in [0.1, 0.15) is 0 Å². The van der Waals surface area contributed by atoms with Crippen LogP contribution in [0, 0.1) is 6.92 Å². The normalized spacial score (nSPS) is 15.8. The third kappa shape index (κ3) is 4.18. The van der Waals surface area contributed by atoms with Gasteiger partial charge in [-0.3, -0.25) is 9.20 Å².